The SMILES string of the molecule is COc1ccc(CNC(=O)c2cc([N+](=O)[O-])cc3ncccc23)cc1. The number of fused-ring (bicyclic) bond motifs is 1. The van der Waals surface area contributed by atoms with Gasteiger partial charge in [-0.2, -0.15) is 0 Å². The minimum Gasteiger partial charge on any atom is -0.497 e. The van der Waals surface area contributed by atoms with E-state index in [1.54, 1.807) is 31.4 Å². The van der Waals surface area contributed by atoms with Gasteiger partial charge >= 0.3 is 0 Å². The summed E-state index contributed by atoms with van der Waals surface area (Å²) < 4.78 is 5.09. The van der Waals surface area contributed by atoms with Crippen molar-refractivity contribution < 1.29 is 14.5 Å². The number of aromatic nitrogens is 1. The van der Waals surface area contributed by atoms with Gasteiger partial charge < -0.3 is 10.1 Å². The molecule has 3 rings (SSSR count). The first kappa shape index (κ1) is 16.4. The first-order valence-electron chi connectivity index (χ1n) is 7.53. The van der Waals surface area contributed by atoms with Gasteiger partial charge in [0, 0.05) is 30.3 Å². The van der Waals surface area contributed by atoms with Gasteiger partial charge in [0.2, 0.25) is 0 Å². The molecule has 1 amide bonds. The average molecular weight is 337 g/mol. The molecule has 3 aromatic rings. The van der Waals surface area contributed by atoms with E-state index in [2.05, 4.69) is 10.3 Å². The second-order valence-electron chi connectivity index (χ2n) is 5.35. The molecule has 0 atom stereocenters. The smallest absolute Gasteiger partial charge is 0.272 e. The number of amides is 1. The number of carbonyl (C=O) groups is 1. The Labute approximate surface area is 143 Å². The summed E-state index contributed by atoms with van der Waals surface area (Å²) in [6.07, 6.45) is 1.53. The van der Waals surface area contributed by atoms with Crippen molar-refractivity contribution in [2.24, 2.45) is 0 Å². The number of nitro benzene ring substituents is 1. The van der Waals surface area contributed by atoms with Crippen molar-refractivity contribution in [2.75, 3.05) is 7.11 Å². The molecule has 25 heavy (non-hydrogen) atoms. The van der Waals surface area contributed by atoms with E-state index in [0.29, 0.717) is 17.4 Å². The molecule has 0 fully saturated rings. The molecule has 1 aromatic heterocycles. The minimum absolute atomic E-state index is 0.166. The molecule has 2 aromatic carbocycles. The van der Waals surface area contributed by atoms with Gasteiger partial charge in [-0.15, -0.1) is 0 Å². The molecule has 0 unspecified atom stereocenters. The van der Waals surface area contributed by atoms with Crippen molar-refractivity contribution in [3.63, 3.8) is 0 Å². The van der Waals surface area contributed by atoms with E-state index in [0.717, 1.165) is 11.3 Å². The molecule has 7 nitrogen and oxygen atoms in total. The topological polar surface area (TPSA) is 94.4 Å². The average Bonchev–Trinajstić information content (AvgIpc) is 2.65. The second-order valence-corrected chi connectivity index (χ2v) is 5.35. The maximum absolute atomic E-state index is 12.5. The molecule has 0 saturated heterocycles. The number of nitro groups is 1. The summed E-state index contributed by atoms with van der Waals surface area (Å²) in [5, 5.41) is 14.4. The van der Waals surface area contributed by atoms with Crippen LogP contribution >= 0.6 is 0 Å². The number of non-ortho nitro benzene ring substituents is 1. The Morgan fingerprint density at radius 3 is 2.68 bits per heavy atom. The predicted molar refractivity (Wildman–Crippen MR) is 92.6 cm³/mol. The monoisotopic (exact) mass is 337 g/mol. The summed E-state index contributed by atoms with van der Waals surface area (Å²) in [5.41, 5.74) is 1.36. The quantitative estimate of drug-likeness (QED) is 0.570. The molecule has 7 heteroatoms. The number of nitrogens with one attached hydrogen (secondary N) is 1. The van der Waals surface area contributed by atoms with Crippen LogP contribution in [-0.4, -0.2) is 22.9 Å². The predicted octanol–water partition coefficient (Wildman–Crippen LogP) is 3.08. The number of nitrogens with zero attached hydrogens (tertiary/aromatic N) is 2. The summed E-state index contributed by atoms with van der Waals surface area (Å²) in [5.74, 6) is 0.336. The van der Waals surface area contributed by atoms with Gasteiger partial charge in [-0.1, -0.05) is 18.2 Å². The lowest BCUT2D eigenvalue weighted by Gasteiger charge is -2.09. The highest BCUT2D eigenvalue weighted by Crippen LogP contribution is 2.24. The molecular formula is C18H15N3O4. The number of carbonyl (C=O) groups excluding carboxylic acids is 1. The van der Waals surface area contributed by atoms with Crippen LogP contribution in [0.15, 0.2) is 54.7 Å². The van der Waals surface area contributed by atoms with Crippen molar-refractivity contribution >= 4 is 22.5 Å². The van der Waals surface area contributed by atoms with Gasteiger partial charge in [-0.3, -0.25) is 19.9 Å². The third-order valence-electron chi connectivity index (χ3n) is 3.77. The highest BCUT2D eigenvalue weighted by atomic mass is 16.6. The van der Waals surface area contributed by atoms with E-state index in [4.69, 9.17) is 4.74 Å². The Balaban J connectivity index is 1.86. The van der Waals surface area contributed by atoms with Crippen LogP contribution in [0.4, 0.5) is 5.69 Å². The highest BCUT2D eigenvalue weighted by Gasteiger charge is 2.17. The van der Waals surface area contributed by atoms with E-state index in [1.807, 2.05) is 12.1 Å². The molecule has 0 aliphatic carbocycles. The molecule has 0 spiro atoms. The van der Waals surface area contributed by atoms with Crippen LogP contribution in [0.3, 0.4) is 0 Å². The third-order valence-corrected chi connectivity index (χ3v) is 3.77. The summed E-state index contributed by atoms with van der Waals surface area (Å²) in [6, 6.07) is 13.3. The van der Waals surface area contributed by atoms with Gasteiger partial charge in [0.25, 0.3) is 11.6 Å². The molecule has 126 valence electrons. The largest absolute Gasteiger partial charge is 0.497 e. The van der Waals surface area contributed by atoms with Crippen LogP contribution < -0.4 is 10.1 Å². The highest BCUT2D eigenvalue weighted by molar-refractivity contribution is 6.07. The van der Waals surface area contributed by atoms with Crippen LogP contribution in [0.1, 0.15) is 15.9 Å². The Kier molecular flexibility index (Phi) is 4.56. The van der Waals surface area contributed by atoms with E-state index >= 15 is 0 Å². The van der Waals surface area contributed by atoms with Gasteiger partial charge in [-0.05, 0) is 23.8 Å². The zero-order valence-corrected chi connectivity index (χ0v) is 13.4. The number of benzene rings is 2. The number of hydrogen-bond acceptors (Lipinski definition) is 5. The van der Waals surface area contributed by atoms with Gasteiger partial charge in [0.05, 0.1) is 23.1 Å². The van der Waals surface area contributed by atoms with Crippen LogP contribution in [0.2, 0.25) is 0 Å². The Morgan fingerprint density at radius 1 is 1.24 bits per heavy atom. The number of pyridine rings is 1. The maximum atomic E-state index is 12.5. The number of rotatable bonds is 5. The fourth-order valence-electron chi connectivity index (χ4n) is 2.48. The summed E-state index contributed by atoms with van der Waals surface area (Å²) in [4.78, 5) is 27.2. The zero-order chi connectivity index (χ0) is 17.8. The molecule has 0 radical (unpaired) electrons. The molecule has 0 bridgehead atoms. The Bertz CT molecular complexity index is 939. The van der Waals surface area contributed by atoms with Crippen molar-refractivity contribution in [1.82, 2.24) is 10.3 Å². The van der Waals surface area contributed by atoms with E-state index in [-0.39, 0.29) is 11.3 Å². The maximum Gasteiger partial charge on any atom is 0.272 e. The number of ether oxygens (including phenoxy) is 1. The fraction of sp³-hybridized carbons (Fsp3) is 0.111. The second kappa shape index (κ2) is 6.96. The fourth-order valence-corrected chi connectivity index (χ4v) is 2.48. The molecule has 0 saturated carbocycles. The normalized spacial score (nSPS) is 10.4. The molecule has 1 N–H and O–H groups in total. The molecule has 0 aliphatic heterocycles. The lowest BCUT2D eigenvalue weighted by Crippen LogP contribution is -2.23. The Hall–Kier alpha value is -3.48. The molecule has 1 heterocycles. The van der Waals surface area contributed by atoms with Crippen molar-refractivity contribution in [3.05, 3.63) is 76.0 Å². The summed E-state index contributed by atoms with van der Waals surface area (Å²) in [6.45, 7) is 0.299. The van der Waals surface area contributed by atoms with Gasteiger partial charge in [0.1, 0.15) is 5.75 Å². The van der Waals surface area contributed by atoms with Crippen LogP contribution in [0, 0.1) is 10.1 Å². The van der Waals surface area contributed by atoms with Crippen LogP contribution in [-0.2, 0) is 6.54 Å². The summed E-state index contributed by atoms with van der Waals surface area (Å²) in [7, 11) is 1.58. The molecule has 0 aliphatic rings. The Morgan fingerprint density at radius 2 is 2.00 bits per heavy atom. The minimum atomic E-state index is -0.533. The first-order valence-corrected chi connectivity index (χ1v) is 7.53. The van der Waals surface area contributed by atoms with Crippen LogP contribution in [0.25, 0.3) is 10.9 Å². The van der Waals surface area contributed by atoms with Crippen LogP contribution in [0.5, 0.6) is 5.75 Å². The van der Waals surface area contributed by atoms with Crippen molar-refractivity contribution in [3.8, 4) is 5.75 Å². The van der Waals surface area contributed by atoms with Gasteiger partial charge in [0.15, 0.2) is 0 Å². The van der Waals surface area contributed by atoms with Crippen molar-refractivity contribution in [1.29, 1.82) is 0 Å². The lowest BCUT2D eigenvalue weighted by molar-refractivity contribution is -0.384. The number of methoxy groups -OCH3 is 1. The third kappa shape index (κ3) is 3.55. The van der Waals surface area contributed by atoms with Gasteiger partial charge in [-0.25, -0.2) is 0 Å². The number of hydrogen-bond donors (Lipinski definition) is 1. The molecular weight excluding hydrogens is 322 g/mol. The standard InChI is InChI=1S/C18H15N3O4/c1-25-14-6-4-12(5-7-14)11-20-18(22)16-9-13(21(23)24)10-17-15(16)3-2-8-19-17/h2-10H,11H2,1H3,(H,20,22). The van der Waals surface area contributed by atoms with E-state index in [9.17, 15) is 14.9 Å². The first-order chi connectivity index (χ1) is 12.1. The van der Waals surface area contributed by atoms with Crippen molar-refractivity contribution in [2.45, 2.75) is 6.54 Å². The van der Waals surface area contributed by atoms with E-state index in [1.165, 1.54) is 18.3 Å². The van der Waals surface area contributed by atoms with E-state index < -0.39 is 10.8 Å². The zero-order valence-electron chi connectivity index (χ0n) is 13.4. The lowest BCUT2D eigenvalue weighted by atomic mass is 10.1. The summed E-state index contributed by atoms with van der Waals surface area (Å²) >= 11 is 0.